The summed E-state index contributed by atoms with van der Waals surface area (Å²) in [7, 11) is 1.54. The molecule has 5 aromatic carbocycles. The lowest BCUT2D eigenvalue weighted by Gasteiger charge is -2.50. The minimum Gasteiger partial charge on any atom is -0.507 e. The van der Waals surface area contributed by atoms with Gasteiger partial charge < -0.3 is 9.84 Å². The van der Waals surface area contributed by atoms with Crippen molar-refractivity contribution in [2.45, 2.75) is 24.2 Å². The van der Waals surface area contributed by atoms with Gasteiger partial charge in [0.2, 0.25) is 11.8 Å². The molecule has 0 unspecified atom stereocenters. The first-order valence-electron chi connectivity index (χ1n) is 18.3. The molecule has 1 saturated carbocycles. The molecule has 3 fully saturated rings. The number of anilines is 2. The number of phenols is 1. The first kappa shape index (κ1) is 35.8. The predicted octanol–water partition coefficient (Wildman–Crippen LogP) is 8.69. The molecule has 5 aromatic rings. The number of nitrogens with zero attached hydrogens (tertiary/aromatic N) is 2. The van der Waals surface area contributed by atoms with Crippen molar-refractivity contribution in [2.24, 2.45) is 23.7 Å². The molecule has 6 atom stereocenters. The van der Waals surface area contributed by atoms with Crippen molar-refractivity contribution >= 4 is 75.1 Å². The van der Waals surface area contributed by atoms with Crippen LogP contribution in [0.5, 0.6) is 11.5 Å². The van der Waals surface area contributed by atoms with Crippen LogP contribution in [0, 0.1) is 23.7 Å². The molecule has 4 aliphatic rings. The zero-order chi connectivity index (χ0) is 39.0. The summed E-state index contributed by atoms with van der Waals surface area (Å²) in [6.45, 7) is 3.81. The van der Waals surface area contributed by atoms with Gasteiger partial charge in [-0.3, -0.25) is 29.5 Å². The first-order valence-corrected chi connectivity index (χ1v) is 19.1. The number of carbonyl (C=O) groups is 4. The van der Waals surface area contributed by atoms with E-state index in [1.165, 1.54) is 11.0 Å². The van der Waals surface area contributed by atoms with Crippen LogP contribution in [0.15, 0.2) is 121 Å². The summed E-state index contributed by atoms with van der Waals surface area (Å²) in [5.41, 5.74) is 4.67. The summed E-state index contributed by atoms with van der Waals surface area (Å²) in [4.78, 5) is 60.7. The third-order valence-corrected chi connectivity index (χ3v) is 12.8. The molecule has 0 aromatic heterocycles. The average Bonchev–Trinajstić information content (AvgIpc) is 3.60. The van der Waals surface area contributed by atoms with Crippen LogP contribution in [0.4, 0.5) is 11.4 Å². The highest BCUT2D eigenvalue weighted by atomic mass is 35.5. The van der Waals surface area contributed by atoms with Gasteiger partial charge >= 0.3 is 0 Å². The van der Waals surface area contributed by atoms with Crippen molar-refractivity contribution in [2.75, 3.05) is 17.4 Å². The summed E-state index contributed by atoms with van der Waals surface area (Å²) < 4.78 is 5.50. The molecule has 2 heterocycles. The summed E-state index contributed by atoms with van der Waals surface area (Å²) in [6, 6.07) is 29.9. The Kier molecular flexibility index (Phi) is 8.56. The van der Waals surface area contributed by atoms with Crippen LogP contribution in [0.25, 0.3) is 16.8 Å². The van der Waals surface area contributed by atoms with E-state index in [1.807, 2.05) is 36.4 Å². The van der Waals surface area contributed by atoms with E-state index >= 15 is 9.59 Å². The number of benzene rings is 5. The molecule has 2 N–H and O–H groups in total. The molecule has 4 amide bonds. The van der Waals surface area contributed by atoms with Gasteiger partial charge in [0.1, 0.15) is 11.5 Å². The van der Waals surface area contributed by atoms with Crippen molar-refractivity contribution in [1.29, 1.82) is 0 Å². The molecule has 0 bridgehead atoms. The number of imide groups is 2. The number of hydrazine groups is 1. The van der Waals surface area contributed by atoms with Crippen molar-refractivity contribution in [1.82, 2.24) is 5.01 Å². The molecule has 2 saturated heterocycles. The number of allylic oxidation sites excluding steroid dienone is 2. The number of nitrogens with one attached hydrogen (secondary N) is 1. The fraction of sp³-hybridized carbons (Fsp3) is 0.200. The second kappa shape index (κ2) is 13.4. The molecule has 280 valence electrons. The number of fused-ring (bicyclic) bond motifs is 5. The van der Waals surface area contributed by atoms with Crippen molar-refractivity contribution in [3.05, 3.63) is 148 Å². The zero-order valence-electron chi connectivity index (χ0n) is 30.1. The molecule has 9 rings (SSSR count). The highest BCUT2D eigenvalue weighted by Gasteiger charge is 2.70. The lowest BCUT2D eigenvalue weighted by Crippen LogP contribution is -2.53. The Morgan fingerprint density at radius 1 is 0.875 bits per heavy atom. The number of rotatable bonds is 7. The van der Waals surface area contributed by atoms with E-state index in [1.54, 1.807) is 79.9 Å². The Morgan fingerprint density at radius 3 is 2.34 bits per heavy atom. The second-order valence-electron chi connectivity index (χ2n) is 14.7. The molecule has 2 aliphatic heterocycles. The Morgan fingerprint density at radius 2 is 1.62 bits per heavy atom. The molecule has 0 radical (unpaired) electrons. The van der Waals surface area contributed by atoms with Crippen molar-refractivity contribution in [3.8, 4) is 11.5 Å². The van der Waals surface area contributed by atoms with Gasteiger partial charge in [-0.1, -0.05) is 108 Å². The summed E-state index contributed by atoms with van der Waals surface area (Å²) in [5.74, 6) is -5.32. The smallest absolute Gasteiger partial charge is 0.260 e. The Bertz CT molecular complexity index is 2540. The van der Waals surface area contributed by atoms with Crippen LogP contribution < -0.4 is 15.1 Å². The van der Waals surface area contributed by atoms with Gasteiger partial charge in [0, 0.05) is 21.9 Å². The topological polar surface area (TPSA) is 116 Å². The minimum atomic E-state index is -1.61. The van der Waals surface area contributed by atoms with Crippen LogP contribution in [-0.4, -0.2) is 40.9 Å². The Balaban J connectivity index is 1.26. The lowest BCUT2D eigenvalue weighted by atomic mass is 9.49. The van der Waals surface area contributed by atoms with E-state index in [0.717, 1.165) is 21.5 Å². The maximum Gasteiger partial charge on any atom is 0.260 e. The van der Waals surface area contributed by atoms with Crippen LogP contribution >= 0.6 is 23.2 Å². The average molecular weight is 785 g/mol. The third kappa shape index (κ3) is 5.14. The second-order valence-corrected chi connectivity index (χ2v) is 15.6. The molecule has 0 spiro atoms. The molecule has 2 aliphatic carbocycles. The van der Waals surface area contributed by atoms with E-state index in [-0.39, 0.29) is 41.1 Å². The normalized spacial score (nSPS) is 25.5. The monoisotopic (exact) mass is 783 g/mol. The Hall–Kier alpha value is -5.90. The van der Waals surface area contributed by atoms with Gasteiger partial charge in [0.25, 0.3) is 11.8 Å². The lowest BCUT2D eigenvalue weighted by molar-refractivity contribution is -0.138. The van der Waals surface area contributed by atoms with Gasteiger partial charge in [-0.15, -0.1) is 0 Å². The minimum absolute atomic E-state index is 0.0337. The number of ether oxygens (including phenoxy) is 1. The maximum absolute atomic E-state index is 15.6. The van der Waals surface area contributed by atoms with Crippen molar-refractivity contribution < 1.29 is 29.0 Å². The number of methoxy groups -OCH3 is 1. The number of hydrogen-bond donors (Lipinski definition) is 2. The van der Waals surface area contributed by atoms with E-state index in [2.05, 4.69) is 12.0 Å². The van der Waals surface area contributed by atoms with Gasteiger partial charge in [0.05, 0.1) is 46.7 Å². The highest BCUT2D eigenvalue weighted by molar-refractivity contribution is 6.36. The maximum atomic E-state index is 15.6. The summed E-state index contributed by atoms with van der Waals surface area (Å²) in [5, 5.41) is 15.2. The first-order chi connectivity index (χ1) is 27.1. The number of carbonyl (C=O) groups excluding carboxylic acids is 4. The number of amides is 4. The number of hydrogen-bond acceptors (Lipinski definition) is 7. The van der Waals surface area contributed by atoms with Crippen LogP contribution in [0.2, 0.25) is 10.0 Å². The predicted molar refractivity (Wildman–Crippen MR) is 215 cm³/mol. The van der Waals surface area contributed by atoms with Crippen LogP contribution in [-0.2, 0) is 24.6 Å². The van der Waals surface area contributed by atoms with Gasteiger partial charge in [-0.05, 0) is 77.7 Å². The molecule has 11 heteroatoms. The molecule has 9 nitrogen and oxygen atoms in total. The zero-order valence-corrected chi connectivity index (χ0v) is 31.6. The summed E-state index contributed by atoms with van der Waals surface area (Å²) in [6.07, 6.45) is 3.97. The van der Waals surface area contributed by atoms with E-state index < -0.39 is 46.8 Å². The highest BCUT2D eigenvalue weighted by Crippen LogP contribution is 2.65. The standard InChI is InChI=1S/C45H35Cl2N3O6/c1-3-24-8-14-28(15-9-24)49-41(52)32-20-19-31-34(38(32)43(49)54)23-35-42(53)50(48-37-21-13-27(46)22-36(37)47)44(55)45(35,26-11-16-29(56-2)17-12-26)39(31)33-18-10-25-6-4-5-7-30(25)40(33)51/h3-19,21-22,32,34-35,38-39,48,51H,1,20,23H2,2H3/t32-,34+,35-,38-,39+,45+/m0/s1. The SMILES string of the molecule is C=Cc1ccc(N2C(=O)[C@H]3[C@H](CC=C4[C@H]3C[C@H]3C(=O)N(Nc5ccc(Cl)cc5Cl)C(=O)[C@@]3(c3ccc(OC)cc3)[C@H]4c3ccc4ccccc4c3O)C2=O)cc1. The number of halogens is 2. The molecule has 56 heavy (non-hydrogen) atoms. The quantitative estimate of drug-likeness (QED) is 0.125. The number of phenolic OH excluding ortho intramolecular Hbond substituents is 1. The summed E-state index contributed by atoms with van der Waals surface area (Å²) >= 11 is 12.8. The van der Waals surface area contributed by atoms with Gasteiger partial charge in [-0.2, -0.15) is 5.01 Å². The molecular weight excluding hydrogens is 749 g/mol. The van der Waals surface area contributed by atoms with Crippen LogP contribution in [0.3, 0.4) is 0 Å². The van der Waals surface area contributed by atoms with Crippen molar-refractivity contribution in [3.63, 3.8) is 0 Å². The van der Waals surface area contributed by atoms with E-state index in [0.29, 0.717) is 33.0 Å². The largest absolute Gasteiger partial charge is 0.507 e. The van der Waals surface area contributed by atoms with Gasteiger partial charge in [0.15, 0.2) is 0 Å². The Labute approximate surface area is 332 Å². The number of aromatic hydroxyl groups is 1. The third-order valence-electron chi connectivity index (χ3n) is 12.2. The van der Waals surface area contributed by atoms with E-state index in [9.17, 15) is 14.7 Å². The fourth-order valence-corrected chi connectivity index (χ4v) is 10.2. The molecular formula is C45H35Cl2N3O6. The van der Waals surface area contributed by atoms with E-state index in [4.69, 9.17) is 27.9 Å². The fourth-order valence-electron chi connectivity index (χ4n) is 9.71. The van der Waals surface area contributed by atoms with Crippen LogP contribution in [0.1, 0.15) is 35.4 Å². The van der Waals surface area contributed by atoms with Gasteiger partial charge in [-0.25, -0.2) is 0 Å².